The molecule has 0 spiro atoms. The fourth-order valence-corrected chi connectivity index (χ4v) is 3.13. The molecule has 1 atom stereocenters. The summed E-state index contributed by atoms with van der Waals surface area (Å²) < 4.78 is 44.0. The second-order valence-electron chi connectivity index (χ2n) is 7.13. The average molecular weight is 406 g/mol. The maximum Gasteiger partial charge on any atom is 0.416 e. The van der Waals surface area contributed by atoms with Crippen molar-refractivity contribution in [3.05, 3.63) is 54.1 Å². The van der Waals surface area contributed by atoms with Gasteiger partial charge in [-0.2, -0.15) is 13.2 Å². The minimum absolute atomic E-state index is 0.00492. The molecule has 3 rings (SSSR count). The predicted molar refractivity (Wildman–Crippen MR) is 103 cm³/mol. The van der Waals surface area contributed by atoms with Crippen LogP contribution in [0.5, 0.6) is 5.75 Å². The van der Waals surface area contributed by atoms with E-state index in [1.54, 1.807) is 24.3 Å². The Morgan fingerprint density at radius 3 is 2.48 bits per heavy atom. The van der Waals surface area contributed by atoms with Crippen molar-refractivity contribution in [3.63, 3.8) is 0 Å². The molecule has 0 bridgehead atoms. The van der Waals surface area contributed by atoms with E-state index in [1.165, 1.54) is 17.0 Å². The number of nitrogens with zero attached hydrogens (tertiary/aromatic N) is 1. The first kappa shape index (κ1) is 20.7. The molecule has 5 nitrogen and oxygen atoms in total. The predicted octanol–water partition coefficient (Wildman–Crippen LogP) is 4.48. The number of benzene rings is 2. The van der Waals surface area contributed by atoms with E-state index in [2.05, 4.69) is 5.32 Å². The first-order chi connectivity index (χ1) is 13.6. The van der Waals surface area contributed by atoms with Crippen molar-refractivity contribution < 1.29 is 27.5 Å². The quantitative estimate of drug-likeness (QED) is 0.796. The van der Waals surface area contributed by atoms with E-state index < -0.39 is 23.6 Å². The van der Waals surface area contributed by atoms with Gasteiger partial charge in [-0.3, -0.25) is 9.59 Å². The van der Waals surface area contributed by atoms with Crippen LogP contribution in [0.1, 0.15) is 25.8 Å². The number of hydrogen-bond acceptors (Lipinski definition) is 3. The molecule has 0 aliphatic carbocycles. The van der Waals surface area contributed by atoms with Crippen molar-refractivity contribution in [1.82, 2.24) is 0 Å². The van der Waals surface area contributed by atoms with Gasteiger partial charge < -0.3 is 15.0 Å². The van der Waals surface area contributed by atoms with Crippen LogP contribution in [0.15, 0.2) is 48.5 Å². The highest BCUT2D eigenvalue weighted by Crippen LogP contribution is 2.31. The highest BCUT2D eigenvalue weighted by atomic mass is 19.4. The van der Waals surface area contributed by atoms with E-state index in [0.717, 1.165) is 12.1 Å². The van der Waals surface area contributed by atoms with Crippen LogP contribution >= 0.6 is 0 Å². The van der Waals surface area contributed by atoms with Crippen LogP contribution < -0.4 is 15.0 Å². The summed E-state index contributed by atoms with van der Waals surface area (Å²) in [5, 5.41) is 2.48. The molecule has 2 aromatic carbocycles. The maximum absolute atomic E-state index is 12.8. The lowest BCUT2D eigenvalue weighted by Gasteiger charge is -2.18. The van der Waals surface area contributed by atoms with E-state index in [-0.39, 0.29) is 30.7 Å². The van der Waals surface area contributed by atoms with Crippen LogP contribution in [0.4, 0.5) is 24.5 Å². The molecular weight excluding hydrogens is 385 g/mol. The molecule has 8 heteroatoms. The van der Waals surface area contributed by atoms with Crippen molar-refractivity contribution in [2.75, 3.05) is 16.8 Å². The van der Waals surface area contributed by atoms with Gasteiger partial charge in [-0.05, 0) is 56.3 Å². The molecule has 0 aromatic heterocycles. The highest BCUT2D eigenvalue weighted by Gasteiger charge is 2.35. The SMILES string of the molecule is CC(C)Oc1ccc(N2C[C@H](C(=O)Nc3cccc(C(F)(F)F)c3)CC2=O)cc1. The van der Waals surface area contributed by atoms with Gasteiger partial charge in [0.1, 0.15) is 5.75 Å². The van der Waals surface area contributed by atoms with E-state index in [4.69, 9.17) is 4.74 Å². The van der Waals surface area contributed by atoms with Crippen LogP contribution in [-0.4, -0.2) is 24.5 Å². The smallest absolute Gasteiger partial charge is 0.416 e. The van der Waals surface area contributed by atoms with Gasteiger partial charge >= 0.3 is 6.18 Å². The van der Waals surface area contributed by atoms with Gasteiger partial charge in [0, 0.05) is 24.3 Å². The molecular formula is C21H21F3N2O3. The lowest BCUT2D eigenvalue weighted by molar-refractivity contribution is -0.137. The Morgan fingerprint density at radius 1 is 1.17 bits per heavy atom. The topological polar surface area (TPSA) is 58.6 Å². The Kier molecular flexibility index (Phi) is 5.81. The Morgan fingerprint density at radius 2 is 1.86 bits per heavy atom. The first-order valence-electron chi connectivity index (χ1n) is 9.18. The Bertz CT molecular complexity index is 895. The molecule has 0 unspecified atom stereocenters. The normalized spacial score (nSPS) is 17.0. The second-order valence-corrected chi connectivity index (χ2v) is 7.13. The zero-order chi connectivity index (χ0) is 21.2. The van der Waals surface area contributed by atoms with Crippen molar-refractivity contribution in [2.45, 2.75) is 32.5 Å². The summed E-state index contributed by atoms with van der Waals surface area (Å²) >= 11 is 0. The molecule has 2 aromatic rings. The number of nitrogens with one attached hydrogen (secondary N) is 1. The summed E-state index contributed by atoms with van der Waals surface area (Å²) in [6, 6.07) is 11.4. The fraction of sp³-hybridized carbons (Fsp3) is 0.333. The molecule has 0 saturated carbocycles. The van der Waals surface area contributed by atoms with Gasteiger partial charge in [0.25, 0.3) is 0 Å². The van der Waals surface area contributed by atoms with Gasteiger partial charge in [0.15, 0.2) is 0 Å². The van der Waals surface area contributed by atoms with E-state index in [0.29, 0.717) is 11.4 Å². The zero-order valence-corrected chi connectivity index (χ0v) is 16.0. The highest BCUT2D eigenvalue weighted by molar-refractivity contribution is 6.03. The Hall–Kier alpha value is -3.03. The molecule has 29 heavy (non-hydrogen) atoms. The summed E-state index contributed by atoms with van der Waals surface area (Å²) in [5.74, 6) is -0.676. The number of halogens is 3. The molecule has 2 amide bonds. The minimum atomic E-state index is -4.49. The third kappa shape index (κ3) is 5.07. The van der Waals surface area contributed by atoms with Crippen molar-refractivity contribution in [3.8, 4) is 5.75 Å². The summed E-state index contributed by atoms with van der Waals surface area (Å²) in [6.07, 6.45) is -4.47. The number of rotatable bonds is 5. The van der Waals surface area contributed by atoms with Crippen LogP contribution in [0.2, 0.25) is 0 Å². The largest absolute Gasteiger partial charge is 0.491 e. The molecule has 1 saturated heterocycles. The van der Waals surface area contributed by atoms with Gasteiger partial charge in [0.2, 0.25) is 11.8 Å². The third-order valence-electron chi connectivity index (χ3n) is 4.47. The summed E-state index contributed by atoms with van der Waals surface area (Å²) in [6.45, 7) is 3.98. The van der Waals surface area contributed by atoms with Gasteiger partial charge in [-0.15, -0.1) is 0 Å². The monoisotopic (exact) mass is 406 g/mol. The van der Waals surface area contributed by atoms with Crippen LogP contribution in [0.3, 0.4) is 0 Å². The maximum atomic E-state index is 12.8. The number of alkyl halides is 3. The minimum Gasteiger partial charge on any atom is -0.491 e. The number of hydrogen-bond donors (Lipinski definition) is 1. The number of ether oxygens (including phenoxy) is 1. The van der Waals surface area contributed by atoms with Crippen molar-refractivity contribution in [2.24, 2.45) is 5.92 Å². The fourth-order valence-electron chi connectivity index (χ4n) is 3.13. The van der Waals surface area contributed by atoms with Gasteiger partial charge in [-0.25, -0.2) is 0 Å². The lowest BCUT2D eigenvalue weighted by atomic mass is 10.1. The van der Waals surface area contributed by atoms with Crippen molar-refractivity contribution in [1.29, 1.82) is 0 Å². The Balaban J connectivity index is 1.66. The molecule has 1 aliphatic rings. The lowest BCUT2D eigenvalue weighted by Crippen LogP contribution is -2.28. The Labute approximate surface area is 166 Å². The van der Waals surface area contributed by atoms with Gasteiger partial charge in [-0.1, -0.05) is 6.07 Å². The first-order valence-corrected chi connectivity index (χ1v) is 9.18. The average Bonchev–Trinajstić information content (AvgIpc) is 3.03. The molecule has 1 N–H and O–H groups in total. The number of amides is 2. The second kappa shape index (κ2) is 8.14. The van der Waals surface area contributed by atoms with E-state index >= 15 is 0 Å². The molecule has 154 valence electrons. The molecule has 1 fully saturated rings. The molecule has 1 aliphatic heterocycles. The zero-order valence-electron chi connectivity index (χ0n) is 16.0. The summed E-state index contributed by atoms with van der Waals surface area (Å²) in [4.78, 5) is 26.3. The number of carbonyl (C=O) groups is 2. The molecule has 1 heterocycles. The molecule has 0 radical (unpaired) electrons. The number of carbonyl (C=O) groups excluding carboxylic acids is 2. The van der Waals surface area contributed by atoms with Crippen LogP contribution in [0, 0.1) is 5.92 Å². The van der Waals surface area contributed by atoms with Crippen molar-refractivity contribution >= 4 is 23.2 Å². The number of anilines is 2. The third-order valence-corrected chi connectivity index (χ3v) is 4.47. The summed E-state index contributed by atoms with van der Waals surface area (Å²) in [7, 11) is 0. The van der Waals surface area contributed by atoms with Crippen LogP contribution in [0.25, 0.3) is 0 Å². The summed E-state index contributed by atoms with van der Waals surface area (Å²) in [5.41, 5.74) is -0.158. The standard InChI is InChI=1S/C21H21F3N2O3/c1-13(2)29-18-8-6-17(7-9-18)26-12-14(10-19(26)27)20(28)25-16-5-3-4-15(11-16)21(22,23)24/h3-9,11,13-14H,10,12H2,1-2H3,(H,25,28)/t14-/m1/s1. The van der Waals surface area contributed by atoms with Crippen LogP contribution in [-0.2, 0) is 15.8 Å². The van der Waals surface area contributed by atoms with Gasteiger partial charge in [0.05, 0.1) is 17.6 Å². The van der Waals surface area contributed by atoms with E-state index in [9.17, 15) is 22.8 Å². The van der Waals surface area contributed by atoms with E-state index in [1.807, 2.05) is 13.8 Å².